The molecule has 0 aliphatic heterocycles. The third-order valence-corrected chi connectivity index (χ3v) is 3.76. The van der Waals surface area contributed by atoms with Gasteiger partial charge in [-0.05, 0) is 31.9 Å². The molecule has 3 nitrogen and oxygen atoms in total. The van der Waals surface area contributed by atoms with Gasteiger partial charge < -0.3 is 10.4 Å². The molecule has 0 bridgehead atoms. The van der Waals surface area contributed by atoms with Crippen LogP contribution in [0.5, 0.6) is 0 Å². The highest BCUT2D eigenvalue weighted by Gasteiger charge is 2.23. The van der Waals surface area contributed by atoms with E-state index in [1.54, 1.807) is 12.1 Å². The molecule has 2 atom stereocenters. The highest BCUT2D eigenvalue weighted by molar-refractivity contribution is 5.94. The Morgan fingerprint density at radius 1 is 1.42 bits per heavy atom. The van der Waals surface area contributed by atoms with Crippen molar-refractivity contribution in [2.75, 3.05) is 6.54 Å². The van der Waals surface area contributed by atoms with Crippen molar-refractivity contribution in [2.45, 2.75) is 38.7 Å². The maximum atomic E-state index is 13.6. The van der Waals surface area contributed by atoms with Crippen molar-refractivity contribution < 1.29 is 14.3 Å². The molecule has 0 spiro atoms. The lowest BCUT2D eigenvalue weighted by Crippen LogP contribution is -2.37. The molecule has 0 heterocycles. The molecule has 1 aliphatic rings. The molecule has 0 radical (unpaired) electrons. The fourth-order valence-electron chi connectivity index (χ4n) is 2.56. The van der Waals surface area contributed by atoms with E-state index in [1.165, 1.54) is 6.07 Å². The van der Waals surface area contributed by atoms with Crippen LogP contribution in [0.1, 0.15) is 41.6 Å². The second-order valence-electron chi connectivity index (χ2n) is 5.31. The molecule has 2 N–H and O–H groups in total. The molecule has 104 valence electrons. The number of halogens is 1. The lowest BCUT2D eigenvalue weighted by molar-refractivity contribution is 0.0662. The molecule has 1 fully saturated rings. The third-order valence-electron chi connectivity index (χ3n) is 3.76. The summed E-state index contributed by atoms with van der Waals surface area (Å²) in [6, 6.07) is 4.48. The molecule has 1 aromatic carbocycles. The monoisotopic (exact) mass is 265 g/mol. The zero-order chi connectivity index (χ0) is 13.8. The van der Waals surface area contributed by atoms with Gasteiger partial charge in [0.05, 0.1) is 11.7 Å². The third kappa shape index (κ3) is 3.53. The summed E-state index contributed by atoms with van der Waals surface area (Å²) in [6.07, 6.45) is 3.47. The van der Waals surface area contributed by atoms with E-state index in [-0.39, 0.29) is 17.6 Å². The summed E-state index contributed by atoms with van der Waals surface area (Å²) in [5, 5.41) is 12.6. The average Bonchev–Trinajstić information content (AvgIpc) is 2.40. The number of hydrogen-bond acceptors (Lipinski definition) is 2. The van der Waals surface area contributed by atoms with Crippen LogP contribution in [0.2, 0.25) is 0 Å². The maximum absolute atomic E-state index is 13.6. The minimum absolute atomic E-state index is 0.0744. The van der Waals surface area contributed by atoms with Crippen LogP contribution in [-0.2, 0) is 0 Å². The number of carbonyl (C=O) groups excluding carboxylic acids is 1. The minimum Gasteiger partial charge on any atom is -0.393 e. The maximum Gasteiger partial charge on any atom is 0.254 e. The Balaban J connectivity index is 1.95. The molecule has 2 unspecified atom stereocenters. The number of nitrogens with one attached hydrogen (secondary N) is 1. The quantitative estimate of drug-likeness (QED) is 0.881. The number of aliphatic hydroxyl groups excluding tert-OH is 1. The summed E-state index contributed by atoms with van der Waals surface area (Å²) >= 11 is 0. The molecule has 1 aliphatic carbocycles. The van der Waals surface area contributed by atoms with E-state index >= 15 is 0 Å². The fourth-order valence-corrected chi connectivity index (χ4v) is 2.56. The van der Waals surface area contributed by atoms with E-state index in [1.807, 2.05) is 6.92 Å². The van der Waals surface area contributed by atoms with Crippen molar-refractivity contribution in [2.24, 2.45) is 5.92 Å². The van der Waals surface area contributed by atoms with Gasteiger partial charge in [0.1, 0.15) is 5.82 Å². The Hall–Kier alpha value is -1.42. The number of benzene rings is 1. The number of amides is 1. The zero-order valence-corrected chi connectivity index (χ0v) is 11.2. The largest absolute Gasteiger partial charge is 0.393 e. The van der Waals surface area contributed by atoms with Gasteiger partial charge in [0.25, 0.3) is 5.91 Å². The summed E-state index contributed by atoms with van der Waals surface area (Å²) in [4.78, 5) is 11.9. The molecule has 2 rings (SSSR count). The van der Waals surface area contributed by atoms with E-state index in [0.717, 1.165) is 31.2 Å². The second kappa shape index (κ2) is 6.15. The topological polar surface area (TPSA) is 49.3 Å². The summed E-state index contributed by atoms with van der Waals surface area (Å²) in [5.41, 5.74) is 0.926. The SMILES string of the molecule is Cc1ccc(F)c(C(=O)NCC2CCCCC2O)c1. The fraction of sp³-hybridized carbons (Fsp3) is 0.533. The van der Waals surface area contributed by atoms with Gasteiger partial charge in [0.2, 0.25) is 0 Å². The van der Waals surface area contributed by atoms with E-state index < -0.39 is 11.7 Å². The number of aryl methyl sites for hydroxylation is 1. The highest BCUT2D eigenvalue weighted by Crippen LogP contribution is 2.23. The Kier molecular flexibility index (Phi) is 4.53. The molecular formula is C15H20FNO2. The normalized spacial score (nSPS) is 23.1. The number of carbonyl (C=O) groups is 1. The van der Waals surface area contributed by atoms with Crippen LogP contribution in [0.15, 0.2) is 18.2 Å². The minimum atomic E-state index is -0.507. The van der Waals surface area contributed by atoms with Crippen LogP contribution in [0.3, 0.4) is 0 Å². The molecule has 1 saturated carbocycles. The van der Waals surface area contributed by atoms with Crippen LogP contribution >= 0.6 is 0 Å². The van der Waals surface area contributed by atoms with Crippen molar-refractivity contribution in [3.63, 3.8) is 0 Å². The zero-order valence-electron chi connectivity index (χ0n) is 11.2. The van der Waals surface area contributed by atoms with Gasteiger partial charge in [-0.2, -0.15) is 0 Å². The summed E-state index contributed by atoms with van der Waals surface area (Å²) in [6.45, 7) is 2.23. The number of hydrogen-bond donors (Lipinski definition) is 2. The van der Waals surface area contributed by atoms with Crippen molar-refractivity contribution in [3.05, 3.63) is 35.1 Å². The molecule has 1 aromatic rings. The van der Waals surface area contributed by atoms with E-state index in [9.17, 15) is 14.3 Å². The van der Waals surface area contributed by atoms with Crippen molar-refractivity contribution in [3.8, 4) is 0 Å². The number of aliphatic hydroxyl groups is 1. The summed E-state index contributed by atoms with van der Waals surface area (Å²) < 4.78 is 13.6. The lowest BCUT2D eigenvalue weighted by Gasteiger charge is -2.27. The highest BCUT2D eigenvalue weighted by atomic mass is 19.1. The van der Waals surface area contributed by atoms with E-state index in [0.29, 0.717) is 6.54 Å². The predicted octanol–water partition coefficient (Wildman–Crippen LogP) is 2.42. The first-order valence-corrected chi connectivity index (χ1v) is 6.80. The lowest BCUT2D eigenvalue weighted by atomic mass is 9.86. The van der Waals surface area contributed by atoms with E-state index in [4.69, 9.17) is 0 Å². The van der Waals surface area contributed by atoms with E-state index in [2.05, 4.69) is 5.32 Å². The van der Waals surface area contributed by atoms with Crippen molar-refractivity contribution in [1.29, 1.82) is 0 Å². The van der Waals surface area contributed by atoms with Crippen LogP contribution in [-0.4, -0.2) is 23.7 Å². The summed E-state index contributed by atoms with van der Waals surface area (Å²) in [7, 11) is 0. The smallest absolute Gasteiger partial charge is 0.254 e. The van der Waals surface area contributed by atoms with Gasteiger partial charge in [-0.1, -0.05) is 24.5 Å². The molecular weight excluding hydrogens is 245 g/mol. The Morgan fingerprint density at radius 2 is 2.16 bits per heavy atom. The number of rotatable bonds is 3. The van der Waals surface area contributed by atoms with Crippen LogP contribution < -0.4 is 5.32 Å². The first-order valence-electron chi connectivity index (χ1n) is 6.80. The summed E-state index contributed by atoms with van der Waals surface area (Å²) in [5.74, 6) is -0.822. The Labute approximate surface area is 112 Å². The van der Waals surface area contributed by atoms with Gasteiger partial charge in [-0.25, -0.2) is 4.39 Å². The van der Waals surface area contributed by atoms with Crippen LogP contribution in [0.4, 0.5) is 4.39 Å². The Bertz CT molecular complexity index is 461. The van der Waals surface area contributed by atoms with Crippen LogP contribution in [0, 0.1) is 18.7 Å². The van der Waals surface area contributed by atoms with Crippen LogP contribution in [0.25, 0.3) is 0 Å². The average molecular weight is 265 g/mol. The predicted molar refractivity (Wildman–Crippen MR) is 71.4 cm³/mol. The molecule has 19 heavy (non-hydrogen) atoms. The van der Waals surface area contributed by atoms with Gasteiger partial charge in [0.15, 0.2) is 0 Å². The van der Waals surface area contributed by atoms with Gasteiger partial charge in [-0.3, -0.25) is 4.79 Å². The first-order chi connectivity index (χ1) is 9.08. The standard InChI is InChI=1S/C15H20FNO2/c1-10-6-7-13(16)12(8-10)15(19)17-9-11-4-2-3-5-14(11)18/h6-8,11,14,18H,2-5,9H2,1H3,(H,17,19). The van der Waals surface area contributed by atoms with Gasteiger partial charge in [0, 0.05) is 12.5 Å². The van der Waals surface area contributed by atoms with Crippen molar-refractivity contribution >= 4 is 5.91 Å². The second-order valence-corrected chi connectivity index (χ2v) is 5.31. The molecule has 4 heteroatoms. The van der Waals surface area contributed by atoms with Gasteiger partial charge >= 0.3 is 0 Å². The molecule has 0 saturated heterocycles. The van der Waals surface area contributed by atoms with Crippen molar-refractivity contribution in [1.82, 2.24) is 5.32 Å². The van der Waals surface area contributed by atoms with Gasteiger partial charge in [-0.15, -0.1) is 0 Å². The Morgan fingerprint density at radius 3 is 2.89 bits per heavy atom. The molecule has 0 aromatic heterocycles. The molecule has 1 amide bonds. The first kappa shape index (κ1) is 14.0.